The average Bonchev–Trinajstić information content (AvgIpc) is 3.76. The number of carbonyl (C=O) groups excluding carboxylic acids is 1. The van der Waals surface area contributed by atoms with Gasteiger partial charge in [0.2, 0.25) is 5.88 Å². The van der Waals surface area contributed by atoms with Gasteiger partial charge in [-0.2, -0.15) is 0 Å². The number of methoxy groups -OCH3 is 1. The van der Waals surface area contributed by atoms with Crippen molar-refractivity contribution in [3.63, 3.8) is 0 Å². The molecule has 0 radical (unpaired) electrons. The van der Waals surface area contributed by atoms with E-state index in [0.717, 1.165) is 40.9 Å². The number of amides is 1. The van der Waals surface area contributed by atoms with Crippen LogP contribution in [-0.2, 0) is 12.0 Å². The summed E-state index contributed by atoms with van der Waals surface area (Å²) in [5, 5.41) is 6.41. The van der Waals surface area contributed by atoms with Crippen molar-refractivity contribution in [2.45, 2.75) is 51.7 Å². The van der Waals surface area contributed by atoms with Gasteiger partial charge in [0.15, 0.2) is 0 Å². The highest BCUT2D eigenvalue weighted by atomic mass is 16.5. The number of ether oxygens (including phenoxy) is 2. The molecule has 1 amide bonds. The van der Waals surface area contributed by atoms with Gasteiger partial charge in [-0.3, -0.25) is 4.79 Å². The molecule has 1 aliphatic rings. The second-order valence-corrected chi connectivity index (χ2v) is 10.8. The van der Waals surface area contributed by atoms with Crippen LogP contribution in [0.2, 0.25) is 0 Å². The highest BCUT2D eigenvalue weighted by Gasteiger charge is 2.25. The summed E-state index contributed by atoms with van der Waals surface area (Å²) >= 11 is 0. The van der Waals surface area contributed by atoms with E-state index in [4.69, 9.17) is 9.47 Å². The molecule has 0 bridgehead atoms. The van der Waals surface area contributed by atoms with Gasteiger partial charge >= 0.3 is 0 Å². The molecule has 7 heteroatoms. The molecule has 7 nitrogen and oxygen atoms in total. The molecule has 2 aromatic heterocycles. The summed E-state index contributed by atoms with van der Waals surface area (Å²) in [6, 6.07) is 22.0. The number of hydrogen-bond donors (Lipinski definition) is 2. The third-order valence-corrected chi connectivity index (χ3v) is 6.60. The fourth-order valence-corrected chi connectivity index (χ4v) is 4.35. The minimum Gasteiger partial charge on any atom is -0.494 e. The lowest BCUT2D eigenvalue weighted by molar-refractivity contribution is 0.102. The lowest BCUT2D eigenvalue weighted by Crippen LogP contribution is -2.17. The van der Waals surface area contributed by atoms with Gasteiger partial charge in [-0.1, -0.05) is 51.1 Å². The number of nitrogens with zero attached hydrogens (tertiary/aromatic N) is 2. The van der Waals surface area contributed by atoms with E-state index in [2.05, 4.69) is 47.4 Å². The Morgan fingerprint density at radius 1 is 1.00 bits per heavy atom. The van der Waals surface area contributed by atoms with Gasteiger partial charge in [-0.25, -0.2) is 9.97 Å². The first-order valence-electron chi connectivity index (χ1n) is 13.2. The van der Waals surface area contributed by atoms with Gasteiger partial charge in [-0.15, -0.1) is 0 Å². The Balaban J connectivity index is 1.48. The summed E-state index contributed by atoms with van der Waals surface area (Å²) < 4.78 is 12.0. The van der Waals surface area contributed by atoms with Crippen LogP contribution in [0.4, 0.5) is 11.5 Å². The molecule has 4 aromatic rings. The first-order chi connectivity index (χ1) is 18.8. The summed E-state index contributed by atoms with van der Waals surface area (Å²) in [7, 11) is 1.62. The Morgan fingerprint density at radius 3 is 2.46 bits per heavy atom. The first-order valence-corrected chi connectivity index (χ1v) is 13.2. The molecule has 0 unspecified atom stereocenters. The van der Waals surface area contributed by atoms with Crippen molar-refractivity contribution in [2.75, 3.05) is 17.7 Å². The van der Waals surface area contributed by atoms with Crippen molar-refractivity contribution in [1.82, 2.24) is 9.97 Å². The number of pyridine rings is 2. The Morgan fingerprint density at radius 2 is 1.79 bits per heavy atom. The highest BCUT2D eigenvalue weighted by molar-refractivity contribution is 6.05. The fraction of sp³-hybridized carbons (Fsp3) is 0.281. The number of aromatic nitrogens is 2. The van der Waals surface area contributed by atoms with Crippen LogP contribution in [0.5, 0.6) is 11.6 Å². The number of rotatable bonds is 9. The quantitative estimate of drug-likeness (QED) is 0.250. The van der Waals surface area contributed by atoms with Crippen LogP contribution in [0.1, 0.15) is 55.1 Å². The molecule has 0 spiro atoms. The fourth-order valence-electron chi connectivity index (χ4n) is 4.35. The minimum atomic E-state index is -0.262. The molecule has 5 rings (SSSR count). The highest BCUT2D eigenvalue weighted by Crippen LogP contribution is 2.42. The van der Waals surface area contributed by atoms with Crippen molar-refractivity contribution in [3.05, 3.63) is 95.8 Å². The molecule has 2 aromatic carbocycles. The van der Waals surface area contributed by atoms with E-state index in [1.807, 2.05) is 54.6 Å². The molecule has 1 saturated carbocycles. The van der Waals surface area contributed by atoms with Crippen molar-refractivity contribution < 1.29 is 14.3 Å². The van der Waals surface area contributed by atoms with Crippen molar-refractivity contribution in [1.29, 1.82) is 0 Å². The Bertz CT molecular complexity index is 1440. The van der Waals surface area contributed by atoms with Gasteiger partial charge < -0.3 is 20.1 Å². The number of anilines is 2. The third kappa shape index (κ3) is 6.37. The number of hydrogen-bond acceptors (Lipinski definition) is 6. The van der Waals surface area contributed by atoms with E-state index >= 15 is 0 Å². The maximum Gasteiger partial charge on any atom is 0.257 e. The molecular formula is C32H34N4O3. The normalized spacial score (nSPS) is 13.0. The topological polar surface area (TPSA) is 85.4 Å². The standard InChI is InChI=1S/C32H34N4O3/c1-32(2,3)26-17-23(25-11-8-16-33-31(25)39-20-21-9-6-5-7-10-21)18-27(29(26)38-4)36-30(37)22-12-15-28(34-19-22)35-24-13-14-24/h5-12,15-19,24H,13-14,20H2,1-4H3,(H,34,35)(H,36,37). The lowest BCUT2D eigenvalue weighted by atomic mass is 9.84. The van der Waals surface area contributed by atoms with Crippen molar-refractivity contribution in [2.24, 2.45) is 0 Å². The first kappa shape index (κ1) is 26.2. The summed E-state index contributed by atoms with van der Waals surface area (Å²) in [6.45, 7) is 6.75. The molecule has 1 fully saturated rings. The molecule has 0 atom stereocenters. The van der Waals surface area contributed by atoms with Gasteiger partial charge in [0.1, 0.15) is 18.2 Å². The Labute approximate surface area is 229 Å². The average molecular weight is 523 g/mol. The number of nitrogens with one attached hydrogen (secondary N) is 2. The molecule has 2 N–H and O–H groups in total. The summed E-state index contributed by atoms with van der Waals surface area (Å²) in [4.78, 5) is 22.2. The maximum absolute atomic E-state index is 13.3. The molecule has 1 aliphatic carbocycles. The molecular weight excluding hydrogens is 488 g/mol. The van der Waals surface area contributed by atoms with Crippen LogP contribution < -0.4 is 20.1 Å². The predicted molar refractivity (Wildman–Crippen MR) is 155 cm³/mol. The van der Waals surface area contributed by atoms with Gasteiger partial charge in [0.25, 0.3) is 5.91 Å². The lowest BCUT2D eigenvalue weighted by Gasteiger charge is -2.25. The molecule has 200 valence electrons. The van der Waals surface area contributed by atoms with E-state index in [9.17, 15) is 4.79 Å². The Hall–Kier alpha value is -4.39. The van der Waals surface area contributed by atoms with Crippen molar-refractivity contribution in [3.8, 4) is 22.8 Å². The van der Waals surface area contributed by atoms with E-state index in [-0.39, 0.29) is 11.3 Å². The SMILES string of the molecule is COc1c(NC(=O)c2ccc(NC3CC3)nc2)cc(-c2cccnc2OCc2ccccc2)cc1C(C)(C)C. The van der Waals surface area contributed by atoms with Crippen LogP contribution in [-0.4, -0.2) is 29.0 Å². The van der Waals surface area contributed by atoms with Crippen LogP contribution in [0.25, 0.3) is 11.1 Å². The second kappa shape index (κ2) is 11.2. The molecule has 2 heterocycles. The zero-order chi connectivity index (χ0) is 27.4. The van der Waals surface area contributed by atoms with Gasteiger partial charge in [0, 0.05) is 29.6 Å². The van der Waals surface area contributed by atoms with E-state index in [0.29, 0.717) is 35.5 Å². The van der Waals surface area contributed by atoms with Crippen molar-refractivity contribution >= 4 is 17.4 Å². The smallest absolute Gasteiger partial charge is 0.257 e. The van der Waals surface area contributed by atoms with Gasteiger partial charge in [-0.05, 0) is 65.8 Å². The predicted octanol–water partition coefficient (Wildman–Crippen LogP) is 6.86. The van der Waals surface area contributed by atoms with E-state index < -0.39 is 0 Å². The number of carbonyl (C=O) groups is 1. The third-order valence-electron chi connectivity index (χ3n) is 6.60. The zero-order valence-electron chi connectivity index (χ0n) is 22.8. The van der Waals surface area contributed by atoms with Crippen LogP contribution in [0.15, 0.2) is 79.1 Å². The Kier molecular flexibility index (Phi) is 7.50. The van der Waals surface area contributed by atoms with Crippen LogP contribution in [0, 0.1) is 0 Å². The van der Waals surface area contributed by atoms with E-state index in [1.165, 1.54) is 0 Å². The number of benzene rings is 2. The monoisotopic (exact) mass is 522 g/mol. The summed E-state index contributed by atoms with van der Waals surface area (Å²) in [6.07, 6.45) is 5.63. The van der Waals surface area contributed by atoms with E-state index in [1.54, 1.807) is 25.6 Å². The minimum absolute atomic E-state index is 0.258. The van der Waals surface area contributed by atoms with Crippen LogP contribution >= 0.6 is 0 Å². The largest absolute Gasteiger partial charge is 0.494 e. The zero-order valence-corrected chi connectivity index (χ0v) is 22.8. The summed E-state index contributed by atoms with van der Waals surface area (Å²) in [5.74, 6) is 1.66. The summed E-state index contributed by atoms with van der Waals surface area (Å²) in [5.41, 5.74) is 4.49. The van der Waals surface area contributed by atoms with Crippen LogP contribution in [0.3, 0.4) is 0 Å². The molecule has 0 saturated heterocycles. The van der Waals surface area contributed by atoms with Gasteiger partial charge in [0.05, 0.1) is 18.4 Å². The maximum atomic E-state index is 13.3. The molecule has 0 aliphatic heterocycles. The second-order valence-electron chi connectivity index (χ2n) is 10.8. The molecule has 39 heavy (non-hydrogen) atoms.